The van der Waals surface area contributed by atoms with Crippen molar-refractivity contribution in [2.75, 3.05) is 0 Å². The van der Waals surface area contributed by atoms with Crippen molar-refractivity contribution in [1.82, 2.24) is 0 Å². The molecule has 0 saturated heterocycles. The molecule has 2 aliphatic carbocycles. The Bertz CT molecular complexity index is 1890. The van der Waals surface area contributed by atoms with Crippen LogP contribution in [0.15, 0.2) is 154 Å². The third-order valence-corrected chi connectivity index (χ3v) is 25.9. The molecule has 0 atom stereocenters. The summed E-state index contributed by atoms with van der Waals surface area (Å²) >= 11 is -4.29. The van der Waals surface area contributed by atoms with E-state index in [0.29, 0.717) is 0 Å². The molecular formula is C41H38Zr. The molecule has 5 aromatic carbocycles. The van der Waals surface area contributed by atoms with E-state index in [4.69, 9.17) is 0 Å². The first-order valence-corrected chi connectivity index (χ1v) is 23.9. The average molecular weight is 622 g/mol. The summed E-state index contributed by atoms with van der Waals surface area (Å²) in [7, 11) is 0. The van der Waals surface area contributed by atoms with Gasteiger partial charge in [-0.1, -0.05) is 0 Å². The molecule has 42 heavy (non-hydrogen) atoms. The van der Waals surface area contributed by atoms with Crippen LogP contribution in [0.4, 0.5) is 0 Å². The van der Waals surface area contributed by atoms with Crippen LogP contribution in [0.2, 0.25) is 9.26 Å². The van der Waals surface area contributed by atoms with Crippen molar-refractivity contribution in [3.63, 3.8) is 0 Å². The molecule has 0 amide bonds. The molecule has 0 radical (unpaired) electrons. The summed E-state index contributed by atoms with van der Waals surface area (Å²) in [5.74, 6) is 0. The van der Waals surface area contributed by atoms with Crippen LogP contribution in [0.3, 0.4) is 0 Å². The Morgan fingerprint density at radius 2 is 1.17 bits per heavy atom. The van der Waals surface area contributed by atoms with Gasteiger partial charge in [-0.3, -0.25) is 0 Å². The van der Waals surface area contributed by atoms with Crippen LogP contribution in [0, 0.1) is 0 Å². The molecule has 0 fully saturated rings. The van der Waals surface area contributed by atoms with E-state index in [9.17, 15) is 0 Å². The molecule has 0 unspecified atom stereocenters. The molecule has 206 valence electrons. The summed E-state index contributed by atoms with van der Waals surface area (Å²) in [4.78, 5) is 0. The van der Waals surface area contributed by atoms with Crippen molar-refractivity contribution < 1.29 is 18.3 Å². The zero-order valence-electron chi connectivity index (χ0n) is 24.9. The quantitative estimate of drug-likeness (QED) is 0.174. The third-order valence-electron chi connectivity index (χ3n) is 10.1. The van der Waals surface area contributed by atoms with Gasteiger partial charge in [0.25, 0.3) is 0 Å². The van der Waals surface area contributed by atoms with Crippen LogP contribution in [0.1, 0.15) is 41.2 Å². The van der Waals surface area contributed by atoms with E-state index >= 15 is 0 Å². The minimum atomic E-state index is -4.29. The topological polar surface area (TPSA) is 0 Å². The summed E-state index contributed by atoms with van der Waals surface area (Å²) in [6.07, 6.45) is 5.69. The van der Waals surface area contributed by atoms with Crippen molar-refractivity contribution in [3.05, 3.63) is 182 Å². The molecule has 1 heteroatoms. The predicted octanol–water partition coefficient (Wildman–Crippen LogP) is 9.78. The molecule has 0 heterocycles. The summed E-state index contributed by atoms with van der Waals surface area (Å²) in [6.45, 7) is 2.34. The second-order valence-electron chi connectivity index (χ2n) is 12.9. The second-order valence-corrected chi connectivity index (χ2v) is 28.8. The molecule has 0 nitrogen and oxygen atoms in total. The molecular weight excluding hydrogens is 584 g/mol. The van der Waals surface area contributed by atoms with Gasteiger partial charge in [-0.15, -0.1) is 0 Å². The van der Waals surface area contributed by atoms with E-state index in [0.717, 1.165) is 19.3 Å². The molecule has 7 rings (SSSR count). The van der Waals surface area contributed by atoms with Crippen molar-refractivity contribution in [1.29, 1.82) is 0 Å². The van der Waals surface area contributed by atoms with Crippen LogP contribution in [0.25, 0.3) is 11.1 Å². The first kappa shape index (κ1) is 27.2. The van der Waals surface area contributed by atoms with Gasteiger partial charge in [-0.25, -0.2) is 0 Å². The number of allylic oxidation sites excluding steroid dienone is 4. The van der Waals surface area contributed by atoms with E-state index in [1.54, 1.807) is 20.9 Å². The Morgan fingerprint density at radius 1 is 0.595 bits per heavy atom. The zero-order chi connectivity index (χ0) is 28.8. The fourth-order valence-corrected chi connectivity index (χ4v) is 22.9. The number of fused-ring (bicyclic) bond motifs is 3. The Balaban J connectivity index is 1.54. The van der Waals surface area contributed by atoms with E-state index in [-0.39, 0.29) is 0 Å². The summed E-state index contributed by atoms with van der Waals surface area (Å²) in [5.41, 5.74) is 13.0. The van der Waals surface area contributed by atoms with E-state index < -0.39 is 18.3 Å². The Kier molecular flexibility index (Phi) is 6.83. The van der Waals surface area contributed by atoms with Gasteiger partial charge in [0.2, 0.25) is 0 Å². The van der Waals surface area contributed by atoms with Gasteiger partial charge in [0, 0.05) is 0 Å². The third kappa shape index (κ3) is 4.42. The fourth-order valence-electron chi connectivity index (χ4n) is 7.88. The van der Waals surface area contributed by atoms with Gasteiger partial charge in [0.1, 0.15) is 0 Å². The van der Waals surface area contributed by atoms with Gasteiger partial charge >= 0.3 is 253 Å². The molecule has 2 aliphatic rings. The van der Waals surface area contributed by atoms with Gasteiger partial charge < -0.3 is 0 Å². The molecule has 0 saturated carbocycles. The fraction of sp³-hybridized carbons (Fsp3) is 0.146. The predicted molar refractivity (Wildman–Crippen MR) is 178 cm³/mol. The second kappa shape index (κ2) is 10.6. The van der Waals surface area contributed by atoms with Crippen LogP contribution in [-0.4, -0.2) is 3.21 Å². The maximum absolute atomic E-state index is 4.29. The van der Waals surface area contributed by atoms with E-state index in [2.05, 4.69) is 156 Å². The van der Waals surface area contributed by atoms with Gasteiger partial charge in [0.15, 0.2) is 0 Å². The first-order chi connectivity index (χ1) is 20.4. The van der Waals surface area contributed by atoms with E-state index in [1.807, 2.05) is 0 Å². The van der Waals surface area contributed by atoms with Crippen LogP contribution >= 0.6 is 0 Å². The Hall–Kier alpha value is -3.67. The van der Waals surface area contributed by atoms with Crippen LogP contribution in [0.5, 0.6) is 0 Å². The summed E-state index contributed by atoms with van der Waals surface area (Å²) in [6, 6.07) is 49.8. The van der Waals surface area contributed by atoms with Gasteiger partial charge in [0.05, 0.1) is 0 Å². The van der Waals surface area contributed by atoms with Crippen molar-refractivity contribution in [2.45, 2.75) is 35.4 Å². The maximum atomic E-state index is 2.72. The SMILES string of the molecule is CC1=C(Cc2ccccc2)C[C]([Zr]([CH3])([CH3])(=[C](c2ccccc2)c2ccccc2)[c]2cccc3c2Cc2ccccc2-3)=C1. The van der Waals surface area contributed by atoms with Crippen LogP contribution < -0.4 is 3.27 Å². The normalized spacial score (nSPS) is 14.4. The van der Waals surface area contributed by atoms with E-state index in [1.165, 1.54) is 39.0 Å². The van der Waals surface area contributed by atoms with Crippen molar-refractivity contribution in [2.24, 2.45) is 0 Å². The molecule has 0 bridgehead atoms. The van der Waals surface area contributed by atoms with Crippen molar-refractivity contribution in [3.8, 4) is 11.1 Å². The number of hydrogen-bond donors (Lipinski definition) is 0. The standard InChI is InChI=1S/C13H9.C13H13.C13H10.2CH3.Zr/c1-3-7-12-10(5-1)9-11-6-2-4-8-13(11)12;1-11-6-5-9-13(11)10-12-7-3-2-4-8-12;1-3-7-12(8-4-1)11-13-9-5-2-6-10-13;;;/h1-5,7-8H,9H2;2-4,6-8H,9-10H2,1H3;1-10H;2*1H3;. The van der Waals surface area contributed by atoms with Crippen molar-refractivity contribution >= 4 is 6.48 Å². The number of rotatable bonds is 6. The minimum absolute atomic E-state index is 1.01. The molecule has 0 spiro atoms. The average Bonchev–Trinajstić information content (AvgIpc) is 3.59. The molecule has 0 aliphatic heterocycles. The van der Waals surface area contributed by atoms with Crippen LogP contribution in [-0.2, 0) is 31.1 Å². The molecule has 0 N–H and O–H groups in total. The zero-order valence-corrected chi connectivity index (χ0v) is 27.4. The Labute approximate surface area is 251 Å². The molecule has 0 aromatic heterocycles. The summed E-state index contributed by atoms with van der Waals surface area (Å²) < 4.78 is 10.3. The number of benzene rings is 5. The Morgan fingerprint density at radius 3 is 1.83 bits per heavy atom. The van der Waals surface area contributed by atoms with Gasteiger partial charge in [-0.2, -0.15) is 0 Å². The number of hydrogen-bond acceptors (Lipinski definition) is 0. The molecule has 5 aromatic rings. The first-order valence-electron chi connectivity index (χ1n) is 15.3. The summed E-state index contributed by atoms with van der Waals surface area (Å²) in [5, 5.41) is 0. The monoisotopic (exact) mass is 620 g/mol. The van der Waals surface area contributed by atoms with Gasteiger partial charge in [-0.05, 0) is 0 Å².